The van der Waals surface area contributed by atoms with Gasteiger partial charge in [0, 0.05) is 18.7 Å². The van der Waals surface area contributed by atoms with Gasteiger partial charge in [-0.25, -0.2) is 4.79 Å². The monoisotopic (exact) mass is 357 g/mol. The van der Waals surface area contributed by atoms with Crippen LogP contribution in [0.5, 0.6) is 0 Å². The Bertz CT molecular complexity index is 972. The number of fused-ring (bicyclic) bond motifs is 1. The molecule has 3 rings (SSSR count). The molecule has 3 aromatic rings. The van der Waals surface area contributed by atoms with Gasteiger partial charge in [0.15, 0.2) is 0 Å². The zero-order chi connectivity index (χ0) is 17.6. The summed E-state index contributed by atoms with van der Waals surface area (Å²) in [5.41, 5.74) is 0.761. The van der Waals surface area contributed by atoms with Crippen molar-refractivity contribution in [2.45, 2.75) is 32.2 Å². The van der Waals surface area contributed by atoms with E-state index in [1.165, 1.54) is 15.9 Å². The standard InChI is InChI=1S/C18H19N3O3S/c22-15(19-13-7-3-1-4-8-13)9-5-2-6-11-21-17(23)16-14(10-12-25-16)20-18(21)24/h1,3-4,7-8,10,12H,2,5-6,9,11H2,(H,19,22)(H,20,24). The van der Waals surface area contributed by atoms with Crippen molar-refractivity contribution < 1.29 is 4.79 Å². The van der Waals surface area contributed by atoms with Crippen LogP contribution in [0.2, 0.25) is 0 Å². The average molecular weight is 357 g/mol. The van der Waals surface area contributed by atoms with Gasteiger partial charge >= 0.3 is 5.69 Å². The summed E-state index contributed by atoms with van der Waals surface area (Å²) in [5, 5.41) is 4.63. The molecule has 0 atom stereocenters. The third-order valence-electron chi connectivity index (χ3n) is 3.93. The quantitative estimate of drug-likeness (QED) is 0.638. The van der Waals surface area contributed by atoms with Gasteiger partial charge in [-0.2, -0.15) is 0 Å². The predicted molar refractivity (Wildman–Crippen MR) is 100 cm³/mol. The first-order chi connectivity index (χ1) is 12.1. The van der Waals surface area contributed by atoms with Gasteiger partial charge in [0.25, 0.3) is 5.56 Å². The number of hydrogen-bond donors (Lipinski definition) is 2. The number of aromatic amines is 1. The van der Waals surface area contributed by atoms with Crippen molar-refractivity contribution in [3.05, 3.63) is 62.6 Å². The smallest absolute Gasteiger partial charge is 0.326 e. The van der Waals surface area contributed by atoms with Crippen LogP contribution in [0.1, 0.15) is 25.7 Å². The lowest BCUT2D eigenvalue weighted by molar-refractivity contribution is -0.116. The molecule has 1 aromatic carbocycles. The molecule has 0 unspecified atom stereocenters. The van der Waals surface area contributed by atoms with Gasteiger partial charge in [0.1, 0.15) is 4.70 Å². The predicted octanol–water partition coefficient (Wildman–Crippen LogP) is 2.95. The van der Waals surface area contributed by atoms with Gasteiger partial charge in [-0.3, -0.25) is 14.2 Å². The summed E-state index contributed by atoms with van der Waals surface area (Å²) in [5.74, 6) is -0.0266. The van der Waals surface area contributed by atoms with E-state index < -0.39 is 0 Å². The van der Waals surface area contributed by atoms with Crippen molar-refractivity contribution in [2.24, 2.45) is 0 Å². The summed E-state index contributed by atoms with van der Waals surface area (Å²) < 4.78 is 1.81. The first-order valence-electron chi connectivity index (χ1n) is 8.20. The van der Waals surface area contributed by atoms with E-state index in [1.54, 1.807) is 11.4 Å². The molecule has 7 heteroatoms. The largest absolute Gasteiger partial charge is 0.328 e. The normalized spacial score (nSPS) is 10.9. The highest BCUT2D eigenvalue weighted by Gasteiger charge is 2.08. The molecule has 2 N–H and O–H groups in total. The van der Waals surface area contributed by atoms with E-state index in [2.05, 4.69) is 10.3 Å². The fourth-order valence-electron chi connectivity index (χ4n) is 2.65. The number of carbonyl (C=O) groups is 1. The number of carbonyl (C=O) groups excluding carboxylic acids is 1. The van der Waals surface area contributed by atoms with E-state index in [-0.39, 0.29) is 17.2 Å². The Balaban J connectivity index is 1.47. The van der Waals surface area contributed by atoms with Crippen molar-refractivity contribution in [3.63, 3.8) is 0 Å². The second-order valence-corrected chi connectivity index (χ2v) is 6.69. The number of hydrogen-bond acceptors (Lipinski definition) is 4. The first kappa shape index (κ1) is 17.2. The Morgan fingerprint density at radius 1 is 1.08 bits per heavy atom. The fraction of sp³-hybridized carbons (Fsp3) is 0.278. The van der Waals surface area contributed by atoms with Gasteiger partial charge in [0.2, 0.25) is 5.91 Å². The van der Waals surface area contributed by atoms with Crippen LogP contribution >= 0.6 is 11.3 Å². The van der Waals surface area contributed by atoms with Gasteiger partial charge in [-0.05, 0) is 36.4 Å². The molecule has 0 bridgehead atoms. The van der Waals surface area contributed by atoms with Gasteiger partial charge in [-0.15, -0.1) is 11.3 Å². The molecule has 2 heterocycles. The summed E-state index contributed by atoms with van der Waals surface area (Å²) >= 11 is 1.33. The number of unbranched alkanes of at least 4 members (excludes halogenated alkanes) is 2. The number of para-hydroxylation sites is 1. The van der Waals surface area contributed by atoms with Crippen LogP contribution in [-0.4, -0.2) is 15.5 Å². The third-order valence-corrected chi connectivity index (χ3v) is 4.84. The van der Waals surface area contributed by atoms with E-state index in [1.807, 2.05) is 30.3 Å². The van der Waals surface area contributed by atoms with Crippen LogP contribution in [-0.2, 0) is 11.3 Å². The summed E-state index contributed by atoms with van der Waals surface area (Å²) in [4.78, 5) is 38.8. The molecule has 0 aliphatic rings. The van der Waals surface area contributed by atoms with E-state index in [4.69, 9.17) is 0 Å². The van der Waals surface area contributed by atoms with E-state index in [9.17, 15) is 14.4 Å². The fourth-order valence-corrected chi connectivity index (χ4v) is 3.45. The molecule has 0 radical (unpaired) electrons. The topological polar surface area (TPSA) is 84.0 Å². The minimum atomic E-state index is -0.377. The average Bonchev–Trinajstić information content (AvgIpc) is 3.06. The van der Waals surface area contributed by atoms with Crippen LogP contribution in [0.4, 0.5) is 5.69 Å². The van der Waals surface area contributed by atoms with Gasteiger partial charge in [-0.1, -0.05) is 24.6 Å². The molecule has 1 amide bonds. The lowest BCUT2D eigenvalue weighted by atomic mass is 10.2. The molecule has 2 aromatic heterocycles. The Kier molecular flexibility index (Phi) is 5.45. The highest BCUT2D eigenvalue weighted by molar-refractivity contribution is 7.17. The summed E-state index contributed by atoms with van der Waals surface area (Å²) in [6.07, 6.45) is 2.59. The zero-order valence-electron chi connectivity index (χ0n) is 13.7. The van der Waals surface area contributed by atoms with Crippen LogP contribution in [0.25, 0.3) is 10.2 Å². The lowest BCUT2D eigenvalue weighted by Crippen LogP contribution is -2.34. The third kappa shape index (κ3) is 4.24. The van der Waals surface area contributed by atoms with Gasteiger partial charge < -0.3 is 10.3 Å². The SMILES string of the molecule is O=C(CCCCCn1c(=O)[nH]c2ccsc2c1=O)Nc1ccccc1. The lowest BCUT2D eigenvalue weighted by Gasteiger charge is -2.06. The van der Waals surface area contributed by atoms with Crippen LogP contribution in [0, 0.1) is 0 Å². The van der Waals surface area contributed by atoms with Crippen molar-refractivity contribution >= 4 is 33.1 Å². The molecule has 0 aliphatic carbocycles. The van der Waals surface area contributed by atoms with E-state index in [0.717, 1.165) is 12.1 Å². The molecule has 0 aliphatic heterocycles. The highest BCUT2D eigenvalue weighted by atomic mass is 32.1. The number of H-pyrrole nitrogens is 1. The van der Waals surface area contributed by atoms with Crippen LogP contribution in [0.3, 0.4) is 0 Å². The molecular weight excluding hydrogens is 338 g/mol. The van der Waals surface area contributed by atoms with Crippen LogP contribution in [0.15, 0.2) is 51.4 Å². The highest BCUT2D eigenvalue weighted by Crippen LogP contribution is 2.12. The number of nitrogens with zero attached hydrogens (tertiary/aromatic N) is 1. The number of nitrogens with one attached hydrogen (secondary N) is 2. The number of benzene rings is 1. The molecular formula is C18H19N3O3S. The van der Waals surface area contributed by atoms with E-state index >= 15 is 0 Å². The first-order valence-corrected chi connectivity index (χ1v) is 9.08. The van der Waals surface area contributed by atoms with Crippen molar-refractivity contribution in [2.75, 3.05) is 5.32 Å². The minimum absolute atomic E-state index is 0.0266. The molecule has 130 valence electrons. The van der Waals surface area contributed by atoms with Crippen molar-refractivity contribution in [3.8, 4) is 0 Å². The maximum Gasteiger partial charge on any atom is 0.328 e. The number of anilines is 1. The van der Waals surface area contributed by atoms with E-state index in [0.29, 0.717) is 36.0 Å². The second-order valence-electron chi connectivity index (χ2n) is 5.78. The number of amides is 1. The number of thiophene rings is 1. The maximum atomic E-state index is 12.3. The Morgan fingerprint density at radius 2 is 1.88 bits per heavy atom. The second kappa shape index (κ2) is 7.94. The summed E-state index contributed by atoms with van der Waals surface area (Å²) in [6, 6.07) is 11.1. The van der Waals surface area contributed by atoms with Crippen molar-refractivity contribution in [1.29, 1.82) is 0 Å². The Labute approximate surface area is 148 Å². The molecule has 0 saturated carbocycles. The molecule has 0 spiro atoms. The van der Waals surface area contributed by atoms with Crippen LogP contribution < -0.4 is 16.6 Å². The molecule has 25 heavy (non-hydrogen) atoms. The minimum Gasteiger partial charge on any atom is -0.326 e. The maximum absolute atomic E-state index is 12.3. The zero-order valence-corrected chi connectivity index (χ0v) is 14.5. The number of aromatic nitrogens is 2. The van der Waals surface area contributed by atoms with Gasteiger partial charge in [0.05, 0.1) is 5.52 Å². The summed E-state index contributed by atoms with van der Waals surface area (Å²) in [7, 11) is 0. The molecule has 6 nitrogen and oxygen atoms in total. The molecule has 0 fully saturated rings. The number of rotatable bonds is 7. The Morgan fingerprint density at radius 3 is 2.68 bits per heavy atom. The van der Waals surface area contributed by atoms with Crippen molar-refractivity contribution in [1.82, 2.24) is 9.55 Å². The summed E-state index contributed by atoms with van der Waals surface area (Å²) in [6.45, 7) is 0.363. The Hall–Kier alpha value is -2.67. The molecule has 0 saturated heterocycles.